The maximum atomic E-state index is 14.1. The van der Waals surface area contributed by atoms with E-state index in [1.54, 1.807) is 14.0 Å². The number of ether oxygens (including phenoxy) is 1. The van der Waals surface area contributed by atoms with Crippen molar-refractivity contribution in [2.24, 2.45) is 0 Å². The number of aromatic nitrogens is 3. The van der Waals surface area contributed by atoms with E-state index in [1.807, 2.05) is 46.3 Å². The van der Waals surface area contributed by atoms with E-state index in [1.165, 1.54) is 11.3 Å². The van der Waals surface area contributed by atoms with Crippen molar-refractivity contribution in [3.8, 4) is 22.1 Å². The van der Waals surface area contributed by atoms with E-state index in [4.69, 9.17) is 4.74 Å². The van der Waals surface area contributed by atoms with Crippen molar-refractivity contribution in [3.63, 3.8) is 0 Å². The number of carbonyl (C=O) groups is 1. The van der Waals surface area contributed by atoms with Crippen LogP contribution in [0.3, 0.4) is 0 Å². The van der Waals surface area contributed by atoms with Crippen LogP contribution in [0.2, 0.25) is 0 Å². The van der Waals surface area contributed by atoms with Crippen LogP contribution in [-0.2, 0) is 0 Å². The Balaban J connectivity index is 1.74. The van der Waals surface area contributed by atoms with Crippen molar-refractivity contribution in [3.05, 3.63) is 77.2 Å². The van der Waals surface area contributed by atoms with Crippen LogP contribution in [0.25, 0.3) is 16.4 Å². The normalized spacial score (nSPS) is 12.0. The number of nitrogens with zero attached hydrogens (tertiary/aromatic N) is 3. The first-order valence-corrected chi connectivity index (χ1v) is 11.0. The molecule has 0 N–H and O–H groups in total. The smallest absolute Gasteiger partial charge is 0.196 e. The molecule has 0 aliphatic heterocycles. The minimum absolute atomic E-state index is 0.164. The molecule has 4 rings (SSSR count). The zero-order valence-corrected chi connectivity index (χ0v) is 18.2. The number of halogens is 2. The average Bonchev–Trinajstić information content (AvgIpc) is 3.43. The van der Waals surface area contributed by atoms with E-state index < -0.39 is 22.7 Å². The molecule has 0 amide bonds. The van der Waals surface area contributed by atoms with Crippen LogP contribution >= 0.6 is 23.1 Å². The van der Waals surface area contributed by atoms with Crippen LogP contribution in [0.15, 0.2) is 65.1 Å². The Morgan fingerprint density at radius 3 is 2.65 bits per heavy atom. The van der Waals surface area contributed by atoms with Crippen LogP contribution in [-0.4, -0.2) is 32.9 Å². The summed E-state index contributed by atoms with van der Waals surface area (Å²) in [5, 5.41) is 10.3. The van der Waals surface area contributed by atoms with Crippen molar-refractivity contribution < 1.29 is 18.3 Å². The predicted molar refractivity (Wildman–Crippen MR) is 117 cm³/mol. The lowest BCUT2D eigenvalue weighted by molar-refractivity contribution is 0.0990. The van der Waals surface area contributed by atoms with Gasteiger partial charge in [0.05, 0.1) is 28.5 Å². The summed E-state index contributed by atoms with van der Waals surface area (Å²) in [4.78, 5) is 13.7. The fourth-order valence-electron chi connectivity index (χ4n) is 3.06. The van der Waals surface area contributed by atoms with Gasteiger partial charge in [0.2, 0.25) is 0 Å². The Morgan fingerprint density at radius 1 is 1.13 bits per heavy atom. The molecule has 158 valence electrons. The van der Waals surface area contributed by atoms with E-state index >= 15 is 0 Å². The van der Waals surface area contributed by atoms with Gasteiger partial charge in [0.1, 0.15) is 17.4 Å². The summed E-state index contributed by atoms with van der Waals surface area (Å²) in [6.45, 7) is 1.65. The summed E-state index contributed by atoms with van der Waals surface area (Å²) in [5.41, 5.74) is 0.553. The molecule has 0 saturated carbocycles. The van der Waals surface area contributed by atoms with E-state index in [2.05, 4.69) is 10.2 Å². The number of ketones is 1. The topological polar surface area (TPSA) is 57.0 Å². The molecule has 0 spiro atoms. The number of thioether (sulfide) groups is 1. The molecule has 0 bridgehead atoms. The molecule has 0 aliphatic rings. The monoisotopic (exact) mass is 457 g/mol. The summed E-state index contributed by atoms with van der Waals surface area (Å²) in [7, 11) is 1.57. The van der Waals surface area contributed by atoms with Crippen molar-refractivity contribution in [1.82, 2.24) is 14.8 Å². The number of thiophene rings is 1. The zero-order valence-electron chi connectivity index (χ0n) is 16.6. The third-order valence-corrected chi connectivity index (χ3v) is 6.46. The van der Waals surface area contributed by atoms with Gasteiger partial charge in [-0.15, -0.1) is 21.5 Å². The first kappa shape index (κ1) is 21.2. The van der Waals surface area contributed by atoms with Crippen molar-refractivity contribution >= 4 is 28.9 Å². The third-order valence-electron chi connectivity index (χ3n) is 4.55. The van der Waals surface area contributed by atoms with Crippen LogP contribution in [0.4, 0.5) is 8.78 Å². The van der Waals surface area contributed by atoms with E-state index in [0.717, 1.165) is 28.8 Å². The number of hydrogen-bond donors (Lipinski definition) is 0. The largest absolute Gasteiger partial charge is 0.495 e. The van der Waals surface area contributed by atoms with Crippen LogP contribution < -0.4 is 4.74 Å². The second kappa shape index (κ2) is 8.99. The first-order valence-electron chi connectivity index (χ1n) is 9.28. The summed E-state index contributed by atoms with van der Waals surface area (Å²) < 4.78 is 34.7. The molecule has 31 heavy (non-hydrogen) atoms. The fourth-order valence-corrected chi connectivity index (χ4v) is 4.69. The number of Topliss-reactive ketones (excluding diaryl/α,β-unsaturated/α-hetero) is 1. The van der Waals surface area contributed by atoms with E-state index in [-0.39, 0.29) is 5.56 Å². The second-order valence-electron chi connectivity index (χ2n) is 6.54. The molecule has 0 fully saturated rings. The molecule has 0 aliphatic carbocycles. The fraction of sp³-hybridized carbons (Fsp3) is 0.136. The SMILES string of the molecule is COc1ccccc1-n1c(SC(C)C(=O)c2ccc(F)cc2F)nnc1-c1cccs1. The Bertz CT molecular complexity index is 1230. The molecule has 9 heteroatoms. The molecule has 1 unspecified atom stereocenters. The molecule has 2 aromatic carbocycles. The molecule has 2 aromatic heterocycles. The van der Waals surface area contributed by atoms with Gasteiger partial charge in [-0.3, -0.25) is 9.36 Å². The van der Waals surface area contributed by atoms with E-state index in [0.29, 0.717) is 28.5 Å². The Labute approximate surface area is 185 Å². The van der Waals surface area contributed by atoms with Crippen LogP contribution in [0.5, 0.6) is 5.75 Å². The molecule has 2 heterocycles. The van der Waals surface area contributed by atoms with Gasteiger partial charge < -0.3 is 4.74 Å². The van der Waals surface area contributed by atoms with Crippen LogP contribution in [0.1, 0.15) is 17.3 Å². The number of para-hydroxylation sites is 2. The van der Waals surface area contributed by atoms with Gasteiger partial charge in [0.25, 0.3) is 0 Å². The lowest BCUT2D eigenvalue weighted by atomic mass is 10.1. The number of hydrogen-bond acceptors (Lipinski definition) is 6. The van der Waals surface area contributed by atoms with Crippen molar-refractivity contribution in [2.75, 3.05) is 7.11 Å². The van der Waals surface area contributed by atoms with Gasteiger partial charge in [-0.2, -0.15) is 0 Å². The maximum Gasteiger partial charge on any atom is 0.196 e. The predicted octanol–water partition coefficient (Wildman–Crippen LogP) is 5.65. The standard InChI is InChI=1S/C22H17F2N3O2S2/c1-13(20(28)15-10-9-14(23)12-16(15)24)31-22-26-25-21(19-8-5-11-30-19)27(22)17-6-3-4-7-18(17)29-2/h3-13H,1-2H3. The molecular formula is C22H17F2N3O2S2. The van der Waals surface area contributed by atoms with Gasteiger partial charge in [-0.1, -0.05) is 30.0 Å². The molecule has 0 saturated heterocycles. The zero-order chi connectivity index (χ0) is 22.0. The van der Waals surface area contributed by atoms with Gasteiger partial charge in [-0.25, -0.2) is 8.78 Å². The summed E-state index contributed by atoms with van der Waals surface area (Å²) in [6, 6.07) is 14.2. The highest BCUT2D eigenvalue weighted by atomic mass is 32.2. The minimum Gasteiger partial charge on any atom is -0.495 e. The highest BCUT2D eigenvalue weighted by molar-refractivity contribution is 8.00. The summed E-state index contributed by atoms with van der Waals surface area (Å²) >= 11 is 2.66. The minimum atomic E-state index is -0.886. The number of benzene rings is 2. The summed E-state index contributed by atoms with van der Waals surface area (Å²) in [6.07, 6.45) is 0. The summed E-state index contributed by atoms with van der Waals surface area (Å²) in [5.74, 6) is -0.858. The second-order valence-corrected chi connectivity index (χ2v) is 8.79. The highest BCUT2D eigenvalue weighted by Gasteiger charge is 2.25. The lowest BCUT2D eigenvalue weighted by Crippen LogP contribution is -2.16. The molecule has 0 radical (unpaired) electrons. The molecular weight excluding hydrogens is 440 g/mol. The lowest BCUT2D eigenvalue weighted by Gasteiger charge is -2.15. The first-order chi connectivity index (χ1) is 15.0. The number of rotatable bonds is 7. The van der Waals surface area contributed by atoms with Gasteiger partial charge in [-0.05, 0) is 42.6 Å². The van der Waals surface area contributed by atoms with Crippen molar-refractivity contribution in [2.45, 2.75) is 17.3 Å². The number of carbonyl (C=O) groups excluding carboxylic acids is 1. The number of methoxy groups -OCH3 is 1. The van der Waals surface area contributed by atoms with Gasteiger partial charge in [0.15, 0.2) is 16.8 Å². The molecule has 5 nitrogen and oxygen atoms in total. The van der Waals surface area contributed by atoms with Gasteiger partial charge in [0, 0.05) is 6.07 Å². The maximum absolute atomic E-state index is 14.1. The Morgan fingerprint density at radius 2 is 1.94 bits per heavy atom. The molecule has 1 atom stereocenters. The molecule has 4 aromatic rings. The van der Waals surface area contributed by atoms with Crippen LogP contribution in [0, 0.1) is 11.6 Å². The Kier molecular flexibility index (Phi) is 6.15. The quantitative estimate of drug-likeness (QED) is 0.265. The van der Waals surface area contributed by atoms with E-state index in [9.17, 15) is 13.6 Å². The van der Waals surface area contributed by atoms with Gasteiger partial charge >= 0.3 is 0 Å². The average molecular weight is 458 g/mol. The Hall–Kier alpha value is -3.04. The van der Waals surface area contributed by atoms with Crippen molar-refractivity contribution in [1.29, 1.82) is 0 Å². The highest BCUT2D eigenvalue weighted by Crippen LogP contribution is 2.35. The third kappa shape index (κ3) is 4.24.